The van der Waals surface area contributed by atoms with Crippen molar-refractivity contribution in [1.82, 2.24) is 0 Å². The van der Waals surface area contributed by atoms with Gasteiger partial charge in [-0.3, -0.25) is 10.1 Å². The minimum Gasteiger partial charge on any atom is -0.383 e. The van der Waals surface area contributed by atoms with Crippen LogP contribution >= 0.6 is 23.2 Å². The minimum atomic E-state index is -0.461. The summed E-state index contributed by atoms with van der Waals surface area (Å²) in [6.45, 7) is 0.349. The molecule has 1 atom stereocenters. The molecule has 0 spiro atoms. The summed E-state index contributed by atoms with van der Waals surface area (Å²) in [4.78, 5) is 10.3. The molecule has 1 aromatic carbocycles. The molecule has 0 bridgehead atoms. The smallest absolute Gasteiger partial charge is 0.274 e. The Morgan fingerprint density at radius 3 is 2.81 bits per heavy atom. The van der Waals surface area contributed by atoms with Crippen molar-refractivity contribution in [1.29, 1.82) is 0 Å². The highest BCUT2D eigenvalue weighted by Gasteiger charge is 2.17. The largest absolute Gasteiger partial charge is 0.383 e. The maximum absolute atomic E-state index is 10.8. The molecular weight excluding hydrogens is 253 g/mol. The summed E-state index contributed by atoms with van der Waals surface area (Å²) < 4.78 is 4.87. The molecule has 0 aromatic heterocycles. The third-order valence-electron chi connectivity index (χ3n) is 2.03. The van der Waals surface area contributed by atoms with Crippen LogP contribution in [0, 0.1) is 10.1 Å². The van der Waals surface area contributed by atoms with Crippen LogP contribution in [0.5, 0.6) is 0 Å². The lowest BCUT2D eigenvalue weighted by molar-refractivity contribution is -0.385. The quantitative estimate of drug-likeness (QED) is 0.466. The first-order valence-corrected chi connectivity index (χ1v) is 5.42. The van der Waals surface area contributed by atoms with Gasteiger partial charge in [-0.05, 0) is 12.5 Å². The monoisotopic (exact) mass is 263 g/mol. The number of nitro benzene ring substituents is 1. The summed E-state index contributed by atoms with van der Waals surface area (Å²) in [6.07, 6.45) is 0.378. The SMILES string of the molecule is COCC(Cl)Cc1ccc(Cl)cc1[N+](=O)[O-]. The van der Waals surface area contributed by atoms with Gasteiger partial charge in [-0.2, -0.15) is 0 Å². The number of hydrogen-bond donors (Lipinski definition) is 0. The fraction of sp³-hybridized carbons (Fsp3) is 0.400. The Kier molecular flexibility index (Phi) is 4.99. The molecule has 0 radical (unpaired) electrons. The predicted molar refractivity (Wildman–Crippen MR) is 63.3 cm³/mol. The fourth-order valence-electron chi connectivity index (χ4n) is 1.36. The lowest BCUT2D eigenvalue weighted by atomic mass is 10.1. The van der Waals surface area contributed by atoms with Gasteiger partial charge >= 0.3 is 0 Å². The van der Waals surface area contributed by atoms with Gasteiger partial charge in [0.15, 0.2) is 0 Å². The number of alkyl halides is 1. The molecule has 4 nitrogen and oxygen atoms in total. The highest BCUT2D eigenvalue weighted by molar-refractivity contribution is 6.30. The van der Waals surface area contributed by atoms with Crippen LogP contribution in [0.3, 0.4) is 0 Å². The van der Waals surface area contributed by atoms with Gasteiger partial charge in [0.2, 0.25) is 0 Å². The number of benzene rings is 1. The van der Waals surface area contributed by atoms with Crippen molar-refractivity contribution in [2.75, 3.05) is 13.7 Å². The van der Waals surface area contributed by atoms with E-state index in [4.69, 9.17) is 27.9 Å². The van der Waals surface area contributed by atoms with E-state index in [0.717, 1.165) is 0 Å². The van der Waals surface area contributed by atoms with E-state index in [1.807, 2.05) is 0 Å². The molecule has 0 aliphatic rings. The maximum Gasteiger partial charge on any atom is 0.274 e. The van der Waals surface area contributed by atoms with E-state index in [2.05, 4.69) is 0 Å². The van der Waals surface area contributed by atoms with E-state index in [0.29, 0.717) is 23.6 Å². The van der Waals surface area contributed by atoms with E-state index in [-0.39, 0.29) is 11.1 Å². The molecule has 0 heterocycles. The lowest BCUT2D eigenvalue weighted by Crippen LogP contribution is -2.11. The Morgan fingerprint density at radius 2 is 2.25 bits per heavy atom. The van der Waals surface area contributed by atoms with Crippen molar-refractivity contribution in [3.05, 3.63) is 38.9 Å². The Labute approximate surface area is 103 Å². The second kappa shape index (κ2) is 6.03. The summed E-state index contributed by atoms with van der Waals surface area (Å²) in [5, 5.41) is 10.8. The molecule has 16 heavy (non-hydrogen) atoms. The standard InChI is InChI=1S/C10H11Cl2NO3/c1-16-6-9(12)4-7-2-3-8(11)5-10(7)13(14)15/h2-3,5,9H,4,6H2,1H3. The number of nitrogens with zero attached hydrogens (tertiary/aromatic N) is 1. The third-order valence-corrected chi connectivity index (χ3v) is 2.55. The van der Waals surface area contributed by atoms with Crippen molar-refractivity contribution < 1.29 is 9.66 Å². The van der Waals surface area contributed by atoms with E-state index in [1.165, 1.54) is 13.2 Å². The number of ether oxygens (including phenoxy) is 1. The van der Waals surface area contributed by atoms with E-state index < -0.39 is 4.92 Å². The van der Waals surface area contributed by atoms with Gasteiger partial charge in [-0.1, -0.05) is 17.7 Å². The van der Waals surface area contributed by atoms with Crippen molar-refractivity contribution in [2.24, 2.45) is 0 Å². The zero-order chi connectivity index (χ0) is 12.1. The van der Waals surface area contributed by atoms with Crippen LogP contribution < -0.4 is 0 Å². The van der Waals surface area contributed by atoms with E-state index in [9.17, 15) is 10.1 Å². The maximum atomic E-state index is 10.8. The number of hydrogen-bond acceptors (Lipinski definition) is 3. The van der Waals surface area contributed by atoms with Crippen LogP contribution in [0.25, 0.3) is 0 Å². The molecule has 1 aromatic rings. The van der Waals surface area contributed by atoms with Crippen LogP contribution in [0.1, 0.15) is 5.56 Å². The summed E-state index contributed by atoms with van der Waals surface area (Å²) in [5.41, 5.74) is 0.556. The molecule has 0 aliphatic heterocycles. The second-order valence-electron chi connectivity index (χ2n) is 3.29. The van der Waals surface area contributed by atoms with Crippen molar-refractivity contribution in [3.8, 4) is 0 Å². The van der Waals surface area contributed by atoms with Crippen molar-refractivity contribution in [3.63, 3.8) is 0 Å². The van der Waals surface area contributed by atoms with E-state index in [1.54, 1.807) is 12.1 Å². The van der Waals surface area contributed by atoms with Gasteiger partial charge in [0.1, 0.15) is 0 Å². The molecule has 1 rings (SSSR count). The number of halogens is 2. The Morgan fingerprint density at radius 1 is 1.56 bits per heavy atom. The molecule has 0 fully saturated rings. The molecule has 88 valence electrons. The molecule has 0 aliphatic carbocycles. The lowest BCUT2D eigenvalue weighted by Gasteiger charge is -2.08. The molecule has 1 unspecified atom stereocenters. The Bertz CT molecular complexity index is 384. The molecular formula is C10H11Cl2NO3. The van der Waals surface area contributed by atoms with Gasteiger partial charge in [-0.15, -0.1) is 11.6 Å². The summed E-state index contributed by atoms with van der Waals surface area (Å²) in [7, 11) is 1.53. The third kappa shape index (κ3) is 3.63. The second-order valence-corrected chi connectivity index (χ2v) is 4.34. The van der Waals surface area contributed by atoms with Crippen molar-refractivity contribution >= 4 is 28.9 Å². The van der Waals surface area contributed by atoms with Crippen molar-refractivity contribution in [2.45, 2.75) is 11.8 Å². The average Bonchev–Trinajstić information content (AvgIpc) is 2.20. The summed E-state index contributed by atoms with van der Waals surface area (Å²) in [6, 6.07) is 4.55. The van der Waals surface area contributed by atoms with Crippen LogP contribution in [0.15, 0.2) is 18.2 Å². The number of nitro groups is 1. The molecule has 0 saturated carbocycles. The van der Waals surface area contributed by atoms with Crippen LogP contribution in [0.4, 0.5) is 5.69 Å². The normalized spacial score (nSPS) is 12.4. The molecule has 6 heteroatoms. The first-order chi connectivity index (χ1) is 7.54. The van der Waals surface area contributed by atoms with Crippen LogP contribution in [-0.4, -0.2) is 24.0 Å². The first kappa shape index (κ1) is 13.2. The van der Waals surface area contributed by atoms with Crippen LogP contribution in [0.2, 0.25) is 5.02 Å². The van der Waals surface area contributed by atoms with Gasteiger partial charge in [0.05, 0.1) is 16.9 Å². The zero-order valence-corrected chi connectivity index (χ0v) is 10.2. The van der Waals surface area contributed by atoms with Gasteiger partial charge in [0.25, 0.3) is 5.69 Å². The highest BCUT2D eigenvalue weighted by Crippen LogP contribution is 2.25. The first-order valence-electron chi connectivity index (χ1n) is 4.60. The Balaban J connectivity index is 2.90. The fourth-order valence-corrected chi connectivity index (χ4v) is 1.82. The van der Waals surface area contributed by atoms with E-state index >= 15 is 0 Å². The molecule has 0 amide bonds. The zero-order valence-electron chi connectivity index (χ0n) is 8.65. The predicted octanol–water partition coefficient (Wildman–Crippen LogP) is 3.04. The topological polar surface area (TPSA) is 52.4 Å². The summed E-state index contributed by atoms with van der Waals surface area (Å²) in [5.74, 6) is 0. The summed E-state index contributed by atoms with van der Waals surface area (Å²) >= 11 is 11.6. The molecule has 0 N–H and O–H groups in total. The Hall–Kier alpha value is -0.840. The number of methoxy groups -OCH3 is 1. The van der Waals surface area contributed by atoms with Gasteiger partial charge in [0, 0.05) is 23.8 Å². The van der Waals surface area contributed by atoms with Crippen LogP contribution in [-0.2, 0) is 11.2 Å². The van der Waals surface area contributed by atoms with Gasteiger partial charge < -0.3 is 4.74 Å². The molecule has 0 saturated heterocycles. The van der Waals surface area contributed by atoms with Gasteiger partial charge in [-0.25, -0.2) is 0 Å². The minimum absolute atomic E-state index is 0.00532. The highest BCUT2D eigenvalue weighted by atomic mass is 35.5. The average molecular weight is 264 g/mol. The number of rotatable bonds is 5.